The first-order valence-corrected chi connectivity index (χ1v) is 6.89. The largest absolute Gasteiger partial charge is 0.344 e. The highest BCUT2D eigenvalue weighted by atomic mass is 16.2. The Hall–Kier alpha value is -2.13. The van der Waals surface area contributed by atoms with Crippen LogP contribution in [-0.4, -0.2) is 11.4 Å². The summed E-state index contributed by atoms with van der Waals surface area (Å²) in [6.45, 7) is 0. The van der Waals surface area contributed by atoms with Crippen LogP contribution >= 0.6 is 0 Å². The topological polar surface area (TPSA) is 55.1 Å². The number of rotatable bonds is 4. The fraction of sp³-hybridized carbons (Fsp3) is 0.235. The summed E-state index contributed by atoms with van der Waals surface area (Å²) in [5, 5.41) is 3.09. The molecule has 0 saturated heterocycles. The van der Waals surface area contributed by atoms with Gasteiger partial charge >= 0.3 is 0 Å². The molecule has 3 rings (SSSR count). The standard InChI is InChI=1S/C17H18N2O/c18-17(11-12-17)16(20)19-15(13-7-3-1-4-8-13)14-9-5-2-6-10-14/h1-10,15H,11-12,18H2,(H,19,20). The molecule has 0 atom stereocenters. The first-order valence-electron chi connectivity index (χ1n) is 6.89. The summed E-state index contributed by atoms with van der Waals surface area (Å²) in [4.78, 5) is 12.2. The van der Waals surface area contributed by atoms with Crippen molar-refractivity contribution in [1.82, 2.24) is 5.32 Å². The number of amides is 1. The van der Waals surface area contributed by atoms with Crippen LogP contribution in [0.2, 0.25) is 0 Å². The Morgan fingerprint density at radius 2 is 1.40 bits per heavy atom. The molecule has 0 aliphatic heterocycles. The number of nitrogens with two attached hydrogens (primary N) is 1. The van der Waals surface area contributed by atoms with Crippen LogP contribution in [0.3, 0.4) is 0 Å². The maximum atomic E-state index is 12.2. The second-order valence-electron chi connectivity index (χ2n) is 5.38. The maximum Gasteiger partial charge on any atom is 0.240 e. The van der Waals surface area contributed by atoms with Gasteiger partial charge in [0.2, 0.25) is 5.91 Å². The molecule has 0 spiro atoms. The predicted octanol–water partition coefficient (Wildman–Crippen LogP) is 2.38. The lowest BCUT2D eigenvalue weighted by Crippen LogP contribution is -2.44. The van der Waals surface area contributed by atoms with Gasteiger partial charge in [-0.1, -0.05) is 60.7 Å². The van der Waals surface area contributed by atoms with Gasteiger partial charge in [0.05, 0.1) is 11.6 Å². The van der Waals surface area contributed by atoms with E-state index in [0.717, 1.165) is 24.0 Å². The van der Waals surface area contributed by atoms with E-state index in [1.807, 2.05) is 60.7 Å². The zero-order chi connectivity index (χ0) is 14.0. The maximum absolute atomic E-state index is 12.2. The molecule has 3 nitrogen and oxygen atoms in total. The SMILES string of the molecule is NC1(C(=O)NC(c2ccccc2)c2ccccc2)CC1. The third kappa shape index (κ3) is 2.58. The zero-order valence-corrected chi connectivity index (χ0v) is 11.3. The van der Waals surface area contributed by atoms with Crippen molar-refractivity contribution in [2.45, 2.75) is 24.4 Å². The Bertz CT molecular complexity index is 551. The van der Waals surface area contributed by atoms with Gasteiger partial charge in [0, 0.05) is 0 Å². The molecule has 20 heavy (non-hydrogen) atoms. The Morgan fingerprint density at radius 1 is 0.950 bits per heavy atom. The molecule has 3 N–H and O–H groups in total. The van der Waals surface area contributed by atoms with E-state index >= 15 is 0 Å². The predicted molar refractivity (Wildman–Crippen MR) is 79.0 cm³/mol. The molecule has 1 amide bonds. The summed E-state index contributed by atoms with van der Waals surface area (Å²) < 4.78 is 0. The van der Waals surface area contributed by atoms with Gasteiger partial charge in [0.15, 0.2) is 0 Å². The Morgan fingerprint density at radius 3 is 1.80 bits per heavy atom. The molecule has 2 aromatic carbocycles. The molecule has 0 unspecified atom stereocenters. The zero-order valence-electron chi connectivity index (χ0n) is 11.3. The van der Waals surface area contributed by atoms with E-state index in [4.69, 9.17) is 5.73 Å². The summed E-state index contributed by atoms with van der Waals surface area (Å²) in [6.07, 6.45) is 1.55. The smallest absolute Gasteiger partial charge is 0.240 e. The van der Waals surface area contributed by atoms with Crippen LogP contribution in [0.1, 0.15) is 30.0 Å². The average molecular weight is 266 g/mol. The highest BCUT2D eigenvalue weighted by Gasteiger charge is 2.46. The molecule has 3 heteroatoms. The summed E-state index contributed by atoms with van der Waals surface area (Å²) in [7, 11) is 0. The van der Waals surface area contributed by atoms with Gasteiger partial charge in [-0.25, -0.2) is 0 Å². The van der Waals surface area contributed by atoms with E-state index in [2.05, 4.69) is 5.32 Å². The van der Waals surface area contributed by atoms with Crippen LogP contribution in [0.15, 0.2) is 60.7 Å². The first-order chi connectivity index (χ1) is 9.69. The average Bonchev–Trinajstić information content (AvgIpc) is 3.25. The highest BCUT2D eigenvalue weighted by Crippen LogP contribution is 2.33. The van der Waals surface area contributed by atoms with Crippen molar-refractivity contribution < 1.29 is 4.79 Å². The lowest BCUT2D eigenvalue weighted by atomic mass is 9.98. The van der Waals surface area contributed by atoms with Crippen LogP contribution in [0.25, 0.3) is 0 Å². The molecule has 1 aliphatic carbocycles. The third-order valence-corrected chi connectivity index (χ3v) is 3.78. The van der Waals surface area contributed by atoms with Gasteiger partial charge in [-0.3, -0.25) is 4.79 Å². The summed E-state index contributed by atoms with van der Waals surface area (Å²) in [5.74, 6) is -0.0600. The fourth-order valence-corrected chi connectivity index (χ4v) is 2.29. The number of carbonyl (C=O) groups excluding carboxylic acids is 1. The summed E-state index contributed by atoms with van der Waals surface area (Å²) in [5.41, 5.74) is 7.46. The first kappa shape index (κ1) is 12.9. The van der Waals surface area contributed by atoms with Crippen LogP contribution in [-0.2, 0) is 4.79 Å². The Labute approximate surface area is 118 Å². The van der Waals surface area contributed by atoms with E-state index < -0.39 is 5.54 Å². The molecule has 1 aliphatic rings. The quantitative estimate of drug-likeness (QED) is 0.892. The molecular formula is C17H18N2O. The second kappa shape index (κ2) is 5.10. The van der Waals surface area contributed by atoms with Crippen molar-refractivity contribution in [2.75, 3.05) is 0 Å². The minimum Gasteiger partial charge on any atom is -0.344 e. The van der Waals surface area contributed by atoms with E-state index in [9.17, 15) is 4.79 Å². The van der Waals surface area contributed by atoms with Gasteiger partial charge in [0.25, 0.3) is 0 Å². The Balaban J connectivity index is 1.90. The van der Waals surface area contributed by atoms with Crippen molar-refractivity contribution in [1.29, 1.82) is 0 Å². The van der Waals surface area contributed by atoms with Crippen LogP contribution in [0.5, 0.6) is 0 Å². The molecule has 2 aromatic rings. The van der Waals surface area contributed by atoms with Gasteiger partial charge in [-0.05, 0) is 24.0 Å². The Kier molecular flexibility index (Phi) is 3.28. The number of nitrogens with one attached hydrogen (secondary N) is 1. The molecular weight excluding hydrogens is 248 g/mol. The van der Waals surface area contributed by atoms with Crippen molar-refractivity contribution >= 4 is 5.91 Å². The van der Waals surface area contributed by atoms with Gasteiger partial charge in [-0.2, -0.15) is 0 Å². The third-order valence-electron chi connectivity index (χ3n) is 3.78. The van der Waals surface area contributed by atoms with Crippen molar-refractivity contribution in [3.8, 4) is 0 Å². The van der Waals surface area contributed by atoms with E-state index in [0.29, 0.717) is 0 Å². The molecule has 0 heterocycles. The van der Waals surface area contributed by atoms with E-state index in [1.54, 1.807) is 0 Å². The summed E-state index contributed by atoms with van der Waals surface area (Å²) >= 11 is 0. The number of hydrogen-bond donors (Lipinski definition) is 2. The van der Waals surface area contributed by atoms with Crippen molar-refractivity contribution in [2.24, 2.45) is 5.73 Å². The minimum absolute atomic E-state index is 0.0600. The van der Waals surface area contributed by atoms with Gasteiger partial charge in [0.1, 0.15) is 0 Å². The number of hydrogen-bond acceptors (Lipinski definition) is 2. The molecule has 0 aromatic heterocycles. The monoisotopic (exact) mass is 266 g/mol. The molecule has 1 fully saturated rings. The van der Waals surface area contributed by atoms with E-state index in [1.165, 1.54) is 0 Å². The van der Waals surface area contributed by atoms with Crippen LogP contribution in [0.4, 0.5) is 0 Å². The van der Waals surface area contributed by atoms with Crippen molar-refractivity contribution in [3.63, 3.8) is 0 Å². The van der Waals surface area contributed by atoms with Gasteiger partial charge in [-0.15, -0.1) is 0 Å². The van der Waals surface area contributed by atoms with Crippen molar-refractivity contribution in [3.05, 3.63) is 71.8 Å². The number of benzene rings is 2. The molecule has 0 bridgehead atoms. The lowest BCUT2D eigenvalue weighted by Gasteiger charge is -2.21. The summed E-state index contributed by atoms with van der Waals surface area (Å²) in [6, 6.07) is 19.8. The highest BCUT2D eigenvalue weighted by molar-refractivity contribution is 5.89. The number of carbonyl (C=O) groups is 1. The minimum atomic E-state index is -0.651. The van der Waals surface area contributed by atoms with Crippen LogP contribution < -0.4 is 11.1 Å². The lowest BCUT2D eigenvalue weighted by molar-refractivity contribution is -0.123. The van der Waals surface area contributed by atoms with E-state index in [-0.39, 0.29) is 11.9 Å². The van der Waals surface area contributed by atoms with Gasteiger partial charge < -0.3 is 11.1 Å². The second-order valence-corrected chi connectivity index (χ2v) is 5.38. The molecule has 102 valence electrons. The molecule has 1 saturated carbocycles. The van der Waals surface area contributed by atoms with Crippen LogP contribution in [0, 0.1) is 0 Å². The molecule has 0 radical (unpaired) electrons. The normalized spacial score (nSPS) is 15.9. The fourth-order valence-electron chi connectivity index (χ4n) is 2.29.